The van der Waals surface area contributed by atoms with Crippen molar-refractivity contribution in [1.82, 2.24) is 4.98 Å². The second-order valence-electron chi connectivity index (χ2n) is 3.26. The average Bonchev–Trinajstić information content (AvgIpc) is 2.63. The molecule has 86 valence electrons. The number of aromatic nitrogens is 1. The van der Waals surface area contributed by atoms with Crippen molar-refractivity contribution >= 4 is 16.8 Å². The minimum Gasteiger partial charge on any atom is -0.361 e. The summed E-state index contributed by atoms with van der Waals surface area (Å²) < 4.78 is 37.4. The fraction of sp³-hybridized carbons (Fsp3) is 0.333. The minimum atomic E-state index is -4.74. The van der Waals surface area contributed by atoms with Crippen molar-refractivity contribution in [3.63, 3.8) is 0 Å². The maximum atomic E-state index is 12.5. The summed E-state index contributed by atoms with van der Waals surface area (Å²) in [4.78, 5) is 7.10. The van der Waals surface area contributed by atoms with E-state index in [1.165, 1.54) is 12.4 Å². The van der Waals surface area contributed by atoms with Crippen molar-refractivity contribution in [3.8, 4) is 0 Å². The number of hydrogen-bond acceptors (Lipinski definition) is 4. The van der Waals surface area contributed by atoms with Gasteiger partial charge in [-0.1, -0.05) is 0 Å². The monoisotopic (exact) mass is 248 g/mol. The summed E-state index contributed by atoms with van der Waals surface area (Å²) in [7, 11) is 0. The summed E-state index contributed by atoms with van der Waals surface area (Å²) in [5.41, 5.74) is -2.43. The SMILES string of the molecule is OC1(C(F)(F)F)CSC(c2ccncc2)=N1. The van der Waals surface area contributed by atoms with Gasteiger partial charge in [-0.25, -0.2) is 4.99 Å². The quantitative estimate of drug-likeness (QED) is 0.824. The third kappa shape index (κ3) is 1.92. The largest absolute Gasteiger partial charge is 0.439 e. The number of rotatable bonds is 1. The fourth-order valence-corrected chi connectivity index (χ4v) is 2.27. The summed E-state index contributed by atoms with van der Waals surface area (Å²) in [6.07, 6.45) is -1.82. The molecule has 1 N–H and O–H groups in total. The van der Waals surface area contributed by atoms with Gasteiger partial charge in [0.1, 0.15) is 5.04 Å². The van der Waals surface area contributed by atoms with E-state index in [1.807, 2.05) is 0 Å². The summed E-state index contributed by atoms with van der Waals surface area (Å²) >= 11 is 0.882. The predicted molar refractivity (Wildman–Crippen MR) is 54.2 cm³/mol. The third-order valence-electron chi connectivity index (χ3n) is 2.08. The van der Waals surface area contributed by atoms with E-state index in [1.54, 1.807) is 12.1 Å². The molecule has 1 aromatic rings. The van der Waals surface area contributed by atoms with Gasteiger partial charge in [-0.3, -0.25) is 4.98 Å². The van der Waals surface area contributed by atoms with Crippen LogP contribution in [0.4, 0.5) is 13.2 Å². The average molecular weight is 248 g/mol. The third-order valence-corrected chi connectivity index (χ3v) is 3.23. The number of hydrogen-bond donors (Lipinski definition) is 1. The molecular weight excluding hydrogens is 241 g/mol. The normalized spacial score (nSPS) is 25.6. The van der Waals surface area contributed by atoms with Gasteiger partial charge in [-0.15, -0.1) is 11.8 Å². The predicted octanol–water partition coefficient (Wildman–Crippen LogP) is 1.83. The highest BCUT2D eigenvalue weighted by atomic mass is 32.2. The summed E-state index contributed by atoms with van der Waals surface area (Å²) in [5, 5.41) is 9.49. The fourth-order valence-electron chi connectivity index (χ4n) is 1.19. The zero-order valence-corrected chi connectivity index (χ0v) is 8.72. The molecule has 16 heavy (non-hydrogen) atoms. The number of pyridine rings is 1. The topological polar surface area (TPSA) is 45.5 Å². The molecule has 3 nitrogen and oxygen atoms in total. The Balaban J connectivity index is 2.32. The first-order chi connectivity index (χ1) is 7.42. The van der Waals surface area contributed by atoms with Gasteiger partial charge >= 0.3 is 6.18 Å². The number of aliphatic hydroxyl groups is 1. The second kappa shape index (κ2) is 3.74. The Morgan fingerprint density at radius 1 is 1.31 bits per heavy atom. The first kappa shape index (κ1) is 11.4. The molecule has 1 aliphatic heterocycles. The van der Waals surface area contributed by atoms with Crippen LogP contribution in [0.25, 0.3) is 0 Å². The molecule has 7 heteroatoms. The van der Waals surface area contributed by atoms with Crippen LogP contribution in [0.5, 0.6) is 0 Å². The Labute approximate surface area is 93.4 Å². The van der Waals surface area contributed by atoms with Crippen LogP contribution in [0.3, 0.4) is 0 Å². The molecule has 0 amide bonds. The zero-order valence-electron chi connectivity index (χ0n) is 7.90. The van der Waals surface area contributed by atoms with Gasteiger partial charge in [-0.05, 0) is 12.1 Å². The van der Waals surface area contributed by atoms with Gasteiger partial charge in [0.2, 0.25) is 0 Å². The van der Waals surface area contributed by atoms with Gasteiger partial charge in [0.05, 0.1) is 5.75 Å². The van der Waals surface area contributed by atoms with Crippen molar-refractivity contribution in [3.05, 3.63) is 30.1 Å². The lowest BCUT2D eigenvalue weighted by Gasteiger charge is -2.21. The molecule has 0 bridgehead atoms. The minimum absolute atomic E-state index is 0.183. The lowest BCUT2D eigenvalue weighted by Crippen LogP contribution is -2.43. The van der Waals surface area contributed by atoms with Crippen molar-refractivity contribution < 1.29 is 18.3 Å². The van der Waals surface area contributed by atoms with E-state index in [4.69, 9.17) is 0 Å². The van der Waals surface area contributed by atoms with E-state index in [9.17, 15) is 18.3 Å². The van der Waals surface area contributed by atoms with E-state index in [-0.39, 0.29) is 5.04 Å². The van der Waals surface area contributed by atoms with Crippen LogP contribution in [-0.2, 0) is 0 Å². The second-order valence-corrected chi connectivity index (χ2v) is 4.22. The lowest BCUT2D eigenvalue weighted by molar-refractivity contribution is -0.245. The molecule has 1 aliphatic rings. The van der Waals surface area contributed by atoms with E-state index in [0.717, 1.165) is 11.8 Å². The molecule has 0 spiro atoms. The molecule has 2 rings (SSSR count). The number of nitrogens with zero attached hydrogens (tertiary/aromatic N) is 2. The van der Waals surface area contributed by atoms with E-state index in [0.29, 0.717) is 5.56 Å². The molecule has 0 aromatic carbocycles. The van der Waals surface area contributed by atoms with Crippen LogP contribution >= 0.6 is 11.8 Å². The number of aliphatic imine (C=N–C) groups is 1. The highest BCUT2D eigenvalue weighted by Gasteiger charge is 2.56. The molecule has 0 aliphatic carbocycles. The molecule has 0 saturated heterocycles. The Morgan fingerprint density at radius 3 is 2.44 bits per heavy atom. The van der Waals surface area contributed by atoms with E-state index < -0.39 is 17.7 Å². The van der Waals surface area contributed by atoms with Crippen molar-refractivity contribution in [1.29, 1.82) is 0 Å². The first-order valence-corrected chi connectivity index (χ1v) is 5.33. The molecular formula is C9H7F3N2OS. The molecule has 0 saturated carbocycles. The number of halogens is 3. The Bertz CT molecular complexity index is 421. The first-order valence-electron chi connectivity index (χ1n) is 4.34. The maximum absolute atomic E-state index is 12.5. The van der Waals surface area contributed by atoms with Crippen molar-refractivity contribution in [2.75, 3.05) is 5.75 Å². The highest BCUT2D eigenvalue weighted by molar-refractivity contribution is 8.14. The summed E-state index contributed by atoms with van der Waals surface area (Å²) in [5.74, 6) is -0.506. The highest BCUT2D eigenvalue weighted by Crippen LogP contribution is 2.40. The van der Waals surface area contributed by atoms with Gasteiger partial charge in [0.15, 0.2) is 0 Å². The molecule has 0 radical (unpaired) electrons. The maximum Gasteiger partial charge on any atom is 0.439 e. The molecule has 1 unspecified atom stereocenters. The molecule has 2 heterocycles. The molecule has 1 aromatic heterocycles. The zero-order chi connectivity index (χ0) is 11.8. The summed E-state index contributed by atoms with van der Waals surface area (Å²) in [6, 6.07) is 3.10. The Morgan fingerprint density at radius 2 is 1.94 bits per heavy atom. The smallest absolute Gasteiger partial charge is 0.361 e. The van der Waals surface area contributed by atoms with Crippen LogP contribution in [0.15, 0.2) is 29.5 Å². The van der Waals surface area contributed by atoms with Crippen LogP contribution in [0, 0.1) is 0 Å². The number of thioether (sulfide) groups is 1. The number of alkyl halides is 3. The summed E-state index contributed by atoms with van der Waals surface area (Å²) in [6.45, 7) is 0. The molecule has 0 fully saturated rings. The van der Waals surface area contributed by atoms with Gasteiger partial charge < -0.3 is 5.11 Å². The van der Waals surface area contributed by atoms with Crippen LogP contribution in [-0.4, -0.2) is 32.8 Å². The van der Waals surface area contributed by atoms with Gasteiger partial charge in [0, 0.05) is 18.0 Å². The Hall–Kier alpha value is -1.08. The van der Waals surface area contributed by atoms with E-state index >= 15 is 0 Å². The lowest BCUT2D eigenvalue weighted by atomic mass is 10.2. The van der Waals surface area contributed by atoms with E-state index in [2.05, 4.69) is 9.98 Å². The van der Waals surface area contributed by atoms with Gasteiger partial charge in [0.25, 0.3) is 5.72 Å². The van der Waals surface area contributed by atoms with Crippen LogP contribution in [0.2, 0.25) is 0 Å². The van der Waals surface area contributed by atoms with Crippen LogP contribution in [0.1, 0.15) is 5.56 Å². The molecule has 1 atom stereocenters. The Kier molecular flexibility index (Phi) is 2.67. The van der Waals surface area contributed by atoms with Crippen molar-refractivity contribution in [2.24, 2.45) is 4.99 Å². The van der Waals surface area contributed by atoms with Crippen molar-refractivity contribution in [2.45, 2.75) is 11.9 Å². The van der Waals surface area contributed by atoms with Crippen LogP contribution < -0.4 is 0 Å². The standard InChI is InChI=1S/C9H7F3N2OS/c10-9(11,12)8(15)5-16-7(14-8)6-1-3-13-4-2-6/h1-4,15H,5H2. The van der Waals surface area contributed by atoms with Gasteiger partial charge in [-0.2, -0.15) is 13.2 Å².